The van der Waals surface area contributed by atoms with Crippen molar-refractivity contribution in [1.82, 2.24) is 0 Å². The molecular formula is C19H20NO3P. The molecule has 24 heavy (non-hydrogen) atoms. The molecule has 0 saturated heterocycles. The maximum atomic E-state index is 13.1. The highest BCUT2D eigenvalue weighted by molar-refractivity contribution is 7.54. The second kappa shape index (κ2) is 7.18. The predicted octanol–water partition coefficient (Wildman–Crippen LogP) is 5.44. The second-order valence-corrected chi connectivity index (χ2v) is 7.72. The summed E-state index contributed by atoms with van der Waals surface area (Å²) >= 11 is 0. The lowest BCUT2D eigenvalue weighted by Crippen LogP contribution is -2.13. The van der Waals surface area contributed by atoms with Crippen LogP contribution >= 0.6 is 7.60 Å². The molecule has 1 atom stereocenters. The number of nitrogens with one attached hydrogen (secondary N) is 1. The summed E-state index contributed by atoms with van der Waals surface area (Å²) in [6.45, 7) is 0. The van der Waals surface area contributed by atoms with Crippen LogP contribution in [-0.2, 0) is 13.6 Å². The quantitative estimate of drug-likeness (QED) is 0.607. The molecule has 0 aliphatic carbocycles. The van der Waals surface area contributed by atoms with Crippen molar-refractivity contribution in [2.45, 2.75) is 5.78 Å². The van der Waals surface area contributed by atoms with Crippen molar-refractivity contribution >= 4 is 24.1 Å². The van der Waals surface area contributed by atoms with Crippen molar-refractivity contribution in [3.05, 3.63) is 78.4 Å². The van der Waals surface area contributed by atoms with Crippen molar-refractivity contribution in [2.75, 3.05) is 19.5 Å². The van der Waals surface area contributed by atoms with Crippen molar-refractivity contribution in [1.29, 1.82) is 0 Å². The Bertz CT molecular complexity index is 853. The maximum absolute atomic E-state index is 13.1. The average Bonchev–Trinajstić information content (AvgIpc) is 2.66. The molecule has 3 aromatic carbocycles. The Morgan fingerprint density at radius 2 is 1.46 bits per heavy atom. The molecule has 0 amide bonds. The molecule has 0 aliphatic heterocycles. The van der Waals surface area contributed by atoms with E-state index in [4.69, 9.17) is 9.05 Å². The molecule has 0 fully saturated rings. The van der Waals surface area contributed by atoms with Crippen LogP contribution in [0, 0.1) is 0 Å². The van der Waals surface area contributed by atoms with E-state index in [1.165, 1.54) is 14.2 Å². The monoisotopic (exact) mass is 341 g/mol. The van der Waals surface area contributed by atoms with Gasteiger partial charge in [-0.15, -0.1) is 0 Å². The van der Waals surface area contributed by atoms with Gasteiger partial charge in [0.25, 0.3) is 0 Å². The minimum Gasteiger partial charge on any atom is -0.367 e. The van der Waals surface area contributed by atoms with Crippen LogP contribution in [0.1, 0.15) is 11.3 Å². The van der Waals surface area contributed by atoms with Crippen LogP contribution in [0.2, 0.25) is 0 Å². The molecule has 0 aliphatic rings. The van der Waals surface area contributed by atoms with E-state index in [0.717, 1.165) is 22.0 Å². The molecule has 3 aromatic rings. The molecule has 1 unspecified atom stereocenters. The zero-order valence-electron chi connectivity index (χ0n) is 13.7. The summed E-state index contributed by atoms with van der Waals surface area (Å²) in [6.07, 6.45) is 0. The summed E-state index contributed by atoms with van der Waals surface area (Å²) in [5, 5.41) is 5.53. The third-order valence-corrected chi connectivity index (χ3v) is 6.10. The normalized spacial score (nSPS) is 12.9. The Balaban J connectivity index is 2.08. The fraction of sp³-hybridized carbons (Fsp3) is 0.158. The van der Waals surface area contributed by atoms with Crippen molar-refractivity contribution in [3.8, 4) is 0 Å². The van der Waals surface area contributed by atoms with Gasteiger partial charge in [-0.1, -0.05) is 66.7 Å². The standard InChI is InChI=1S/C19H20NO3P/c1-22-24(21,23-2)19(16-10-4-3-5-11-16)20-18-14-8-12-15-9-6-7-13-17(15)18/h3-14,19-20H,1-2H3. The number of benzene rings is 3. The molecule has 124 valence electrons. The molecule has 1 N–H and O–H groups in total. The highest BCUT2D eigenvalue weighted by Gasteiger charge is 2.35. The van der Waals surface area contributed by atoms with Crippen molar-refractivity contribution in [2.24, 2.45) is 0 Å². The van der Waals surface area contributed by atoms with Crippen LogP contribution in [0.3, 0.4) is 0 Å². The van der Waals surface area contributed by atoms with Gasteiger partial charge in [-0.05, 0) is 17.0 Å². The summed E-state index contributed by atoms with van der Waals surface area (Å²) in [7, 11) is -0.552. The van der Waals surface area contributed by atoms with E-state index in [2.05, 4.69) is 5.32 Å². The zero-order valence-corrected chi connectivity index (χ0v) is 14.6. The first-order chi connectivity index (χ1) is 11.7. The smallest absolute Gasteiger partial charge is 0.356 e. The Hall–Kier alpha value is -2.13. The highest BCUT2D eigenvalue weighted by Crippen LogP contribution is 2.59. The van der Waals surface area contributed by atoms with Gasteiger partial charge in [0.05, 0.1) is 0 Å². The second-order valence-electron chi connectivity index (χ2n) is 5.39. The molecular weight excluding hydrogens is 321 g/mol. The lowest BCUT2D eigenvalue weighted by Gasteiger charge is -2.27. The molecule has 4 nitrogen and oxygen atoms in total. The topological polar surface area (TPSA) is 47.6 Å². The Labute approximate surface area is 142 Å². The van der Waals surface area contributed by atoms with Gasteiger partial charge in [-0.2, -0.15) is 0 Å². The molecule has 0 aromatic heterocycles. The third kappa shape index (κ3) is 3.22. The summed E-state index contributed by atoms with van der Waals surface area (Å²) in [5.74, 6) is -0.598. The summed E-state index contributed by atoms with van der Waals surface area (Å²) < 4.78 is 23.6. The van der Waals surface area contributed by atoms with Crippen LogP contribution in [0.4, 0.5) is 5.69 Å². The summed E-state index contributed by atoms with van der Waals surface area (Å²) in [6, 6.07) is 23.6. The zero-order chi connectivity index (χ0) is 17.0. The molecule has 3 rings (SSSR count). The first-order valence-electron chi connectivity index (χ1n) is 7.68. The highest BCUT2D eigenvalue weighted by atomic mass is 31.2. The Kier molecular flexibility index (Phi) is 5.00. The fourth-order valence-corrected chi connectivity index (χ4v) is 4.17. The van der Waals surface area contributed by atoms with E-state index in [1.54, 1.807) is 0 Å². The van der Waals surface area contributed by atoms with Crippen LogP contribution < -0.4 is 5.32 Å². The van der Waals surface area contributed by atoms with Crippen LogP contribution in [0.15, 0.2) is 72.8 Å². The molecule has 5 heteroatoms. The molecule has 0 saturated carbocycles. The van der Waals surface area contributed by atoms with Crippen LogP contribution in [0.5, 0.6) is 0 Å². The first-order valence-corrected chi connectivity index (χ1v) is 9.29. The third-order valence-electron chi connectivity index (χ3n) is 4.02. The van der Waals surface area contributed by atoms with Gasteiger partial charge in [-0.25, -0.2) is 0 Å². The van der Waals surface area contributed by atoms with Gasteiger partial charge < -0.3 is 14.4 Å². The van der Waals surface area contributed by atoms with Crippen molar-refractivity contribution in [3.63, 3.8) is 0 Å². The number of fused-ring (bicyclic) bond motifs is 1. The summed E-state index contributed by atoms with van der Waals surface area (Å²) in [4.78, 5) is 0. The van der Waals surface area contributed by atoms with E-state index in [-0.39, 0.29) is 0 Å². The fourth-order valence-electron chi connectivity index (χ4n) is 2.76. The van der Waals surface area contributed by atoms with Crippen LogP contribution in [0.25, 0.3) is 10.8 Å². The number of hydrogen-bond acceptors (Lipinski definition) is 4. The van der Waals surface area contributed by atoms with Gasteiger partial charge in [0.15, 0.2) is 5.78 Å². The Morgan fingerprint density at radius 3 is 2.17 bits per heavy atom. The number of rotatable bonds is 6. The lowest BCUT2D eigenvalue weighted by atomic mass is 10.1. The van der Waals surface area contributed by atoms with Gasteiger partial charge in [-0.3, -0.25) is 4.57 Å². The molecule has 0 spiro atoms. The van der Waals surface area contributed by atoms with Gasteiger partial charge in [0.2, 0.25) is 0 Å². The largest absolute Gasteiger partial charge is 0.367 e. The van der Waals surface area contributed by atoms with Crippen LogP contribution in [-0.4, -0.2) is 14.2 Å². The SMILES string of the molecule is COP(=O)(OC)C(Nc1cccc2ccccc12)c1ccccc1. The summed E-state index contributed by atoms with van der Waals surface area (Å²) in [5.41, 5.74) is 1.73. The lowest BCUT2D eigenvalue weighted by molar-refractivity contribution is 0.268. The maximum Gasteiger partial charge on any atom is 0.356 e. The predicted molar refractivity (Wildman–Crippen MR) is 98.4 cm³/mol. The van der Waals surface area contributed by atoms with Gasteiger partial charge in [0, 0.05) is 25.3 Å². The minimum absolute atomic E-state index is 0.598. The van der Waals surface area contributed by atoms with E-state index in [0.29, 0.717) is 0 Å². The van der Waals surface area contributed by atoms with E-state index in [9.17, 15) is 4.57 Å². The molecule has 0 bridgehead atoms. The van der Waals surface area contributed by atoms with E-state index >= 15 is 0 Å². The first kappa shape index (κ1) is 16.7. The minimum atomic E-state index is -3.37. The van der Waals surface area contributed by atoms with Gasteiger partial charge >= 0.3 is 7.60 Å². The molecule has 0 radical (unpaired) electrons. The molecule has 0 heterocycles. The van der Waals surface area contributed by atoms with Crippen molar-refractivity contribution < 1.29 is 13.6 Å². The number of anilines is 1. The number of hydrogen-bond donors (Lipinski definition) is 1. The average molecular weight is 341 g/mol. The van der Waals surface area contributed by atoms with E-state index in [1.807, 2.05) is 72.8 Å². The van der Waals surface area contributed by atoms with E-state index < -0.39 is 13.4 Å². The Morgan fingerprint density at radius 1 is 0.833 bits per heavy atom. The van der Waals surface area contributed by atoms with Gasteiger partial charge in [0.1, 0.15) is 0 Å².